The largest absolute Gasteiger partial charge is 0.489 e. The highest BCUT2D eigenvalue weighted by molar-refractivity contribution is 7.28. The topological polar surface area (TPSA) is 42.5 Å². The molecule has 4 nitrogen and oxygen atoms in total. The quantitative estimate of drug-likeness (QED) is 0.549. The number of aryl methyl sites for hydroxylation is 1. The zero-order valence-corrected chi connectivity index (χ0v) is 15.7. The molecule has 0 amide bonds. The number of halogens is 2. The van der Waals surface area contributed by atoms with Gasteiger partial charge in [-0.25, -0.2) is 8.78 Å². The first-order valence-corrected chi connectivity index (χ1v) is 8.56. The van der Waals surface area contributed by atoms with Crippen LogP contribution in [0, 0.1) is 11.6 Å². The van der Waals surface area contributed by atoms with Crippen LogP contribution in [-0.2, 0) is 11.2 Å². The van der Waals surface area contributed by atoms with E-state index in [4.69, 9.17) is 9.47 Å². The number of nitrogens with one attached hydrogen (secondary N) is 2. The zero-order valence-electron chi connectivity index (χ0n) is 14.6. The molecule has 2 aromatic rings. The zero-order chi connectivity index (χ0) is 18.4. The Kier molecular flexibility index (Phi) is 6.97. The molecule has 136 valence electrons. The normalized spacial score (nSPS) is 10.6. The lowest BCUT2D eigenvalue weighted by Gasteiger charge is -2.19. The first-order valence-electron chi connectivity index (χ1n) is 7.98. The van der Waals surface area contributed by atoms with Crippen molar-refractivity contribution in [3.8, 4) is 5.75 Å². The highest BCUT2D eigenvalue weighted by Crippen LogP contribution is 2.36. The van der Waals surface area contributed by atoms with E-state index in [9.17, 15) is 8.78 Å². The number of rotatable bonds is 8. The van der Waals surface area contributed by atoms with Crippen molar-refractivity contribution >= 4 is 31.6 Å². The maximum atomic E-state index is 14.3. The molecule has 1 atom stereocenters. The van der Waals surface area contributed by atoms with Gasteiger partial charge in [-0.05, 0) is 24.1 Å². The van der Waals surface area contributed by atoms with Crippen molar-refractivity contribution in [3.05, 3.63) is 41.5 Å². The molecule has 0 saturated carbocycles. The van der Waals surface area contributed by atoms with Crippen molar-refractivity contribution in [1.82, 2.24) is 0 Å². The smallest absolute Gasteiger partial charge is 0.147 e. The van der Waals surface area contributed by atoms with Crippen LogP contribution in [0.15, 0.2) is 24.3 Å². The summed E-state index contributed by atoms with van der Waals surface area (Å²) < 4.78 is 39.1. The molecule has 2 N–H and O–H groups in total. The monoisotopic (exact) mass is 368 g/mol. The van der Waals surface area contributed by atoms with Gasteiger partial charge in [0.1, 0.15) is 29.7 Å². The Balaban J connectivity index is 2.41. The summed E-state index contributed by atoms with van der Waals surface area (Å²) in [6.07, 6.45) is 0.741. The Morgan fingerprint density at radius 2 is 1.84 bits per heavy atom. The van der Waals surface area contributed by atoms with Crippen LogP contribution in [0.1, 0.15) is 12.5 Å². The van der Waals surface area contributed by atoms with Crippen LogP contribution in [-0.4, -0.2) is 27.4 Å². The summed E-state index contributed by atoms with van der Waals surface area (Å²) in [5.74, 6) is -0.530. The van der Waals surface area contributed by atoms with Crippen molar-refractivity contribution in [1.29, 1.82) is 0 Å². The maximum absolute atomic E-state index is 14.3. The number of ether oxygens (including phenoxy) is 2. The summed E-state index contributed by atoms with van der Waals surface area (Å²) in [6, 6.07) is 6.25. The fourth-order valence-electron chi connectivity index (χ4n) is 2.38. The molecule has 0 fully saturated rings. The Morgan fingerprint density at radius 3 is 2.44 bits per heavy atom. The Morgan fingerprint density at radius 1 is 1.08 bits per heavy atom. The van der Waals surface area contributed by atoms with Crippen LogP contribution in [0.3, 0.4) is 0 Å². The molecule has 0 spiro atoms. The molecule has 0 bridgehead atoms. The first-order chi connectivity index (χ1) is 12.0. The van der Waals surface area contributed by atoms with E-state index >= 15 is 0 Å². The number of anilines is 3. The molecule has 25 heavy (non-hydrogen) atoms. The first kappa shape index (κ1) is 19.4. The van der Waals surface area contributed by atoms with Crippen molar-refractivity contribution in [2.45, 2.75) is 13.3 Å². The van der Waals surface area contributed by atoms with E-state index < -0.39 is 11.6 Å². The Hall–Kier alpha value is -1.91. The minimum absolute atomic E-state index is 0.269. The van der Waals surface area contributed by atoms with Crippen LogP contribution < -0.4 is 20.7 Å². The van der Waals surface area contributed by atoms with Gasteiger partial charge in [-0.2, -0.15) is 0 Å². The molecule has 2 aromatic carbocycles. The number of hydrogen-bond acceptors (Lipinski definition) is 4. The van der Waals surface area contributed by atoms with Crippen LogP contribution in [0.5, 0.6) is 5.75 Å². The molecule has 2 rings (SSSR count). The average Bonchev–Trinajstić information content (AvgIpc) is 2.61. The third kappa shape index (κ3) is 4.59. The molecule has 0 aromatic heterocycles. The van der Waals surface area contributed by atoms with Gasteiger partial charge in [-0.1, -0.05) is 13.0 Å². The average molecular weight is 368 g/mol. The second-order valence-electron chi connectivity index (χ2n) is 5.40. The minimum Gasteiger partial charge on any atom is -0.489 e. The fraction of sp³-hybridized carbons (Fsp3) is 0.333. The molecule has 0 heterocycles. The standard InChI is InChI=1S/C18H23F2N2O2P/c1-4-11-5-6-14(12(19)9-11)22-17-16(21-2)15(24-8-7-23-3)10-13(20)18(17)25/h5-6,9-10,21-22H,4,7-8,25H2,1-3H3. The summed E-state index contributed by atoms with van der Waals surface area (Å²) in [5.41, 5.74) is 2.11. The van der Waals surface area contributed by atoms with Gasteiger partial charge in [0.25, 0.3) is 0 Å². The molecule has 0 aliphatic rings. The van der Waals surface area contributed by atoms with Gasteiger partial charge in [0.15, 0.2) is 0 Å². The molecular formula is C18H23F2N2O2P. The molecule has 7 heteroatoms. The van der Waals surface area contributed by atoms with E-state index in [1.807, 2.05) is 13.0 Å². The Bertz CT molecular complexity index is 742. The SMILES string of the molecule is CCc1ccc(Nc2c(P)c(F)cc(OCCOC)c2NC)c(F)c1. The fourth-order valence-corrected chi connectivity index (χ4v) is 2.68. The van der Waals surface area contributed by atoms with Crippen molar-refractivity contribution in [2.75, 3.05) is 38.0 Å². The Labute approximate surface area is 149 Å². The lowest BCUT2D eigenvalue weighted by molar-refractivity contribution is 0.146. The second kappa shape index (κ2) is 8.97. The van der Waals surface area contributed by atoms with Crippen molar-refractivity contribution in [2.24, 2.45) is 0 Å². The van der Waals surface area contributed by atoms with Gasteiger partial charge in [0.2, 0.25) is 0 Å². The molecule has 0 saturated heterocycles. The van der Waals surface area contributed by atoms with E-state index in [2.05, 4.69) is 19.9 Å². The molecular weight excluding hydrogens is 345 g/mol. The summed E-state index contributed by atoms with van der Waals surface area (Å²) in [4.78, 5) is 0. The summed E-state index contributed by atoms with van der Waals surface area (Å²) >= 11 is 0. The molecule has 1 unspecified atom stereocenters. The van der Waals surface area contributed by atoms with Gasteiger partial charge in [-0.15, -0.1) is 9.24 Å². The predicted molar refractivity (Wildman–Crippen MR) is 102 cm³/mol. The lowest BCUT2D eigenvalue weighted by atomic mass is 10.1. The van der Waals surface area contributed by atoms with Crippen molar-refractivity contribution in [3.63, 3.8) is 0 Å². The van der Waals surface area contributed by atoms with E-state index in [0.29, 0.717) is 29.0 Å². The summed E-state index contributed by atoms with van der Waals surface area (Å²) in [6.45, 7) is 2.61. The molecule has 0 aliphatic carbocycles. The highest BCUT2D eigenvalue weighted by Gasteiger charge is 2.18. The van der Waals surface area contributed by atoms with Crippen LogP contribution in [0.25, 0.3) is 0 Å². The maximum Gasteiger partial charge on any atom is 0.147 e. The molecule has 0 radical (unpaired) electrons. The number of benzene rings is 2. The van der Waals surface area contributed by atoms with Crippen molar-refractivity contribution < 1.29 is 18.3 Å². The number of methoxy groups -OCH3 is 1. The summed E-state index contributed by atoms with van der Waals surface area (Å²) in [5, 5.41) is 6.26. The third-order valence-electron chi connectivity index (χ3n) is 3.78. The third-order valence-corrected chi connectivity index (χ3v) is 4.34. The highest BCUT2D eigenvalue weighted by atomic mass is 31.0. The van der Waals surface area contributed by atoms with Gasteiger partial charge >= 0.3 is 0 Å². The molecule has 0 aliphatic heterocycles. The number of hydrogen-bond donors (Lipinski definition) is 2. The van der Waals surface area contributed by atoms with E-state index in [-0.39, 0.29) is 12.3 Å². The van der Waals surface area contributed by atoms with Crippen LogP contribution in [0.2, 0.25) is 0 Å². The lowest BCUT2D eigenvalue weighted by Crippen LogP contribution is -2.14. The van der Waals surface area contributed by atoms with Gasteiger partial charge in [0.05, 0.1) is 18.0 Å². The van der Waals surface area contributed by atoms with E-state index in [1.165, 1.54) is 12.1 Å². The van der Waals surface area contributed by atoms with Crippen LogP contribution >= 0.6 is 9.24 Å². The van der Waals surface area contributed by atoms with Gasteiger partial charge < -0.3 is 20.1 Å². The summed E-state index contributed by atoms with van der Waals surface area (Å²) in [7, 11) is 5.59. The van der Waals surface area contributed by atoms with E-state index in [0.717, 1.165) is 12.0 Å². The second-order valence-corrected chi connectivity index (χ2v) is 5.98. The van der Waals surface area contributed by atoms with Crippen LogP contribution in [0.4, 0.5) is 25.8 Å². The van der Waals surface area contributed by atoms with E-state index in [1.54, 1.807) is 20.2 Å². The van der Waals surface area contributed by atoms with Gasteiger partial charge in [-0.3, -0.25) is 0 Å². The minimum atomic E-state index is -0.468. The van der Waals surface area contributed by atoms with Gasteiger partial charge in [0, 0.05) is 25.5 Å². The predicted octanol–water partition coefficient (Wildman–Crippen LogP) is 3.84.